The Hall–Kier alpha value is -0.840. The van der Waals surface area contributed by atoms with E-state index in [2.05, 4.69) is 5.32 Å². The predicted molar refractivity (Wildman–Crippen MR) is 56.7 cm³/mol. The van der Waals surface area contributed by atoms with Crippen molar-refractivity contribution in [1.29, 1.82) is 0 Å². The number of phenolic OH excluding ortho intramolecular Hbond substituents is 1. The van der Waals surface area contributed by atoms with Gasteiger partial charge in [-0.1, -0.05) is 11.6 Å². The molecule has 0 amide bonds. The molecule has 0 heterocycles. The number of phenols is 1. The molecule has 15 heavy (non-hydrogen) atoms. The van der Waals surface area contributed by atoms with Gasteiger partial charge in [0.25, 0.3) is 0 Å². The van der Waals surface area contributed by atoms with Crippen LogP contribution in [0.5, 0.6) is 5.75 Å². The van der Waals surface area contributed by atoms with Crippen LogP contribution in [0.2, 0.25) is 5.02 Å². The van der Waals surface area contributed by atoms with Crippen LogP contribution in [0.15, 0.2) is 6.07 Å². The normalized spacial score (nSPS) is 12.9. The van der Waals surface area contributed by atoms with Crippen LogP contribution in [-0.2, 0) is 0 Å². The minimum Gasteiger partial charge on any atom is -0.505 e. The molecule has 0 aliphatic rings. The summed E-state index contributed by atoms with van der Waals surface area (Å²) in [6, 6.07) is 1.13. The summed E-state index contributed by atoms with van der Waals surface area (Å²) in [6.07, 6.45) is -1.03. The van der Waals surface area contributed by atoms with Gasteiger partial charge in [-0.05, 0) is 25.6 Å². The second-order valence-electron chi connectivity index (χ2n) is 3.33. The summed E-state index contributed by atoms with van der Waals surface area (Å²) in [5.41, 5.74) is 0.514. The summed E-state index contributed by atoms with van der Waals surface area (Å²) in [5.74, 6) is -1.37. The van der Waals surface area contributed by atoms with E-state index in [1.54, 1.807) is 14.0 Å². The highest BCUT2D eigenvalue weighted by atomic mass is 35.5. The predicted octanol–water partition coefficient (Wildman–Crippen LogP) is 1.75. The molecule has 3 nitrogen and oxygen atoms in total. The fourth-order valence-corrected chi connectivity index (χ4v) is 1.64. The molecule has 1 unspecified atom stereocenters. The molecule has 3 N–H and O–H groups in total. The van der Waals surface area contributed by atoms with Crippen molar-refractivity contribution in [3.63, 3.8) is 0 Å². The van der Waals surface area contributed by atoms with Crippen molar-refractivity contribution < 1.29 is 14.6 Å². The first-order chi connectivity index (χ1) is 6.99. The summed E-state index contributed by atoms with van der Waals surface area (Å²) >= 11 is 5.89. The van der Waals surface area contributed by atoms with Crippen molar-refractivity contribution in [3.8, 4) is 5.75 Å². The van der Waals surface area contributed by atoms with Gasteiger partial charge < -0.3 is 15.5 Å². The largest absolute Gasteiger partial charge is 0.505 e. The van der Waals surface area contributed by atoms with E-state index in [1.807, 2.05) is 0 Å². The number of likely N-dealkylation sites (N-methyl/N-ethyl adjacent to an activating group) is 1. The number of nitrogens with one attached hydrogen (secondary N) is 1. The molecular weight excluding hydrogens is 221 g/mol. The van der Waals surface area contributed by atoms with Gasteiger partial charge in [0.2, 0.25) is 0 Å². The fourth-order valence-electron chi connectivity index (χ4n) is 1.37. The quantitative estimate of drug-likeness (QED) is 0.746. The maximum atomic E-state index is 13.2. The average Bonchev–Trinajstić information content (AvgIpc) is 2.16. The molecule has 0 aliphatic heterocycles. The van der Waals surface area contributed by atoms with E-state index < -0.39 is 17.7 Å². The SMILES string of the molecule is CNCC(O)c1c(O)c(F)cc(C)c1Cl. The summed E-state index contributed by atoms with van der Waals surface area (Å²) in [4.78, 5) is 0. The van der Waals surface area contributed by atoms with Gasteiger partial charge in [0.15, 0.2) is 11.6 Å². The topological polar surface area (TPSA) is 52.5 Å². The number of hydrogen-bond acceptors (Lipinski definition) is 3. The molecule has 1 aromatic carbocycles. The lowest BCUT2D eigenvalue weighted by Gasteiger charge is -2.15. The zero-order chi connectivity index (χ0) is 11.6. The molecule has 84 valence electrons. The van der Waals surface area contributed by atoms with Crippen molar-refractivity contribution in [2.45, 2.75) is 13.0 Å². The monoisotopic (exact) mass is 233 g/mol. The number of hydrogen-bond donors (Lipinski definition) is 3. The minimum atomic E-state index is -1.03. The lowest BCUT2D eigenvalue weighted by Crippen LogP contribution is -2.17. The van der Waals surface area contributed by atoms with E-state index in [4.69, 9.17) is 11.6 Å². The van der Waals surface area contributed by atoms with Crippen molar-refractivity contribution in [2.24, 2.45) is 0 Å². The molecule has 1 atom stereocenters. The van der Waals surface area contributed by atoms with Crippen LogP contribution in [0.4, 0.5) is 4.39 Å². The molecular formula is C10H13ClFNO2. The van der Waals surface area contributed by atoms with Gasteiger partial charge >= 0.3 is 0 Å². The molecule has 1 rings (SSSR count). The Morgan fingerprint density at radius 3 is 2.73 bits per heavy atom. The Balaban J connectivity index is 3.26. The van der Waals surface area contributed by atoms with E-state index in [0.717, 1.165) is 6.07 Å². The number of aliphatic hydroxyl groups excluding tert-OH is 1. The second-order valence-corrected chi connectivity index (χ2v) is 3.70. The Morgan fingerprint density at radius 1 is 1.60 bits per heavy atom. The maximum absolute atomic E-state index is 13.2. The van der Waals surface area contributed by atoms with Crippen LogP contribution in [0.1, 0.15) is 17.2 Å². The second kappa shape index (κ2) is 4.79. The summed E-state index contributed by atoms with van der Waals surface area (Å²) < 4.78 is 13.2. The van der Waals surface area contributed by atoms with E-state index in [0.29, 0.717) is 5.56 Å². The first kappa shape index (κ1) is 12.2. The molecule has 0 fully saturated rings. The van der Waals surface area contributed by atoms with Gasteiger partial charge in [-0.3, -0.25) is 0 Å². The lowest BCUT2D eigenvalue weighted by molar-refractivity contribution is 0.173. The number of halogens is 2. The van der Waals surface area contributed by atoms with E-state index in [9.17, 15) is 14.6 Å². The smallest absolute Gasteiger partial charge is 0.165 e. The molecule has 0 saturated heterocycles. The van der Waals surface area contributed by atoms with Crippen LogP contribution >= 0.6 is 11.6 Å². The summed E-state index contributed by atoms with van der Waals surface area (Å²) in [5, 5.41) is 22.0. The summed E-state index contributed by atoms with van der Waals surface area (Å²) in [6.45, 7) is 1.80. The number of rotatable bonds is 3. The van der Waals surface area contributed by atoms with Gasteiger partial charge in [-0.25, -0.2) is 4.39 Å². The molecule has 0 radical (unpaired) electrons. The van der Waals surface area contributed by atoms with Crippen molar-refractivity contribution in [1.82, 2.24) is 5.32 Å². The van der Waals surface area contributed by atoms with Crippen LogP contribution in [-0.4, -0.2) is 23.8 Å². The molecule has 0 saturated carbocycles. The number of aliphatic hydroxyl groups is 1. The number of aryl methyl sites for hydroxylation is 1. The van der Waals surface area contributed by atoms with Gasteiger partial charge in [-0.15, -0.1) is 0 Å². The fraction of sp³-hybridized carbons (Fsp3) is 0.400. The minimum absolute atomic E-state index is 0.0310. The van der Waals surface area contributed by atoms with Gasteiger partial charge in [-0.2, -0.15) is 0 Å². The highest BCUT2D eigenvalue weighted by molar-refractivity contribution is 6.32. The van der Waals surface area contributed by atoms with Gasteiger partial charge in [0.05, 0.1) is 11.1 Å². The third-order valence-electron chi connectivity index (χ3n) is 2.14. The zero-order valence-electron chi connectivity index (χ0n) is 8.51. The van der Waals surface area contributed by atoms with Crippen LogP contribution in [0, 0.1) is 12.7 Å². The van der Waals surface area contributed by atoms with E-state index >= 15 is 0 Å². The molecule has 5 heteroatoms. The van der Waals surface area contributed by atoms with Crippen molar-refractivity contribution in [3.05, 3.63) is 28.0 Å². The number of aromatic hydroxyl groups is 1. The molecule has 0 aromatic heterocycles. The Kier molecular flexibility index (Phi) is 3.90. The molecule has 1 aromatic rings. The highest BCUT2D eigenvalue weighted by Gasteiger charge is 2.20. The van der Waals surface area contributed by atoms with Crippen molar-refractivity contribution in [2.75, 3.05) is 13.6 Å². The third kappa shape index (κ3) is 2.40. The van der Waals surface area contributed by atoms with Crippen LogP contribution in [0.25, 0.3) is 0 Å². The van der Waals surface area contributed by atoms with Crippen LogP contribution in [0.3, 0.4) is 0 Å². The lowest BCUT2D eigenvalue weighted by atomic mass is 10.0. The Bertz CT molecular complexity index is 345. The first-order valence-corrected chi connectivity index (χ1v) is 4.87. The van der Waals surface area contributed by atoms with E-state index in [-0.39, 0.29) is 17.1 Å². The van der Waals surface area contributed by atoms with Crippen LogP contribution < -0.4 is 5.32 Å². The number of benzene rings is 1. The zero-order valence-corrected chi connectivity index (χ0v) is 9.27. The standard InChI is InChI=1S/C10H13ClFNO2/c1-5-3-6(12)10(15)8(9(5)11)7(14)4-13-2/h3,7,13-15H,4H2,1-2H3. The molecule has 0 bridgehead atoms. The average molecular weight is 234 g/mol. The summed E-state index contributed by atoms with van der Waals surface area (Å²) in [7, 11) is 1.64. The van der Waals surface area contributed by atoms with E-state index in [1.165, 1.54) is 0 Å². The molecule has 0 spiro atoms. The van der Waals surface area contributed by atoms with Gasteiger partial charge in [0, 0.05) is 12.1 Å². The third-order valence-corrected chi connectivity index (χ3v) is 2.64. The highest BCUT2D eigenvalue weighted by Crippen LogP contribution is 2.35. The Morgan fingerprint density at radius 2 is 2.20 bits per heavy atom. The van der Waals surface area contributed by atoms with Crippen molar-refractivity contribution >= 4 is 11.6 Å². The molecule has 0 aliphatic carbocycles. The maximum Gasteiger partial charge on any atom is 0.165 e. The van der Waals surface area contributed by atoms with Gasteiger partial charge in [0.1, 0.15) is 0 Å². The Labute approximate surface area is 92.5 Å². The first-order valence-electron chi connectivity index (χ1n) is 4.49.